The summed E-state index contributed by atoms with van der Waals surface area (Å²) in [5.74, 6) is 0.840. The number of halogens is 4. The van der Waals surface area contributed by atoms with Gasteiger partial charge in [0.25, 0.3) is 0 Å². The van der Waals surface area contributed by atoms with E-state index in [-0.39, 0.29) is 5.75 Å². The van der Waals surface area contributed by atoms with E-state index in [1.807, 2.05) is 0 Å². The fourth-order valence-electron chi connectivity index (χ4n) is 2.97. The van der Waals surface area contributed by atoms with Gasteiger partial charge < -0.3 is 4.74 Å². The van der Waals surface area contributed by atoms with Crippen molar-refractivity contribution in [3.05, 3.63) is 52.0 Å². The maximum atomic E-state index is 12.2. The van der Waals surface area contributed by atoms with Crippen LogP contribution in [0.25, 0.3) is 0 Å². The molecule has 0 amide bonds. The van der Waals surface area contributed by atoms with E-state index < -0.39 is 6.36 Å². The molecule has 5 heteroatoms. The highest BCUT2D eigenvalue weighted by atomic mass is 79.9. The van der Waals surface area contributed by atoms with E-state index in [2.05, 4.69) is 46.7 Å². The molecule has 0 spiro atoms. The van der Waals surface area contributed by atoms with Crippen LogP contribution in [0.15, 0.2) is 46.5 Å². The van der Waals surface area contributed by atoms with Gasteiger partial charge in [0.2, 0.25) is 0 Å². The molecule has 1 nitrogen and oxygen atoms in total. The molecule has 2 rings (SSSR count). The zero-order chi connectivity index (χ0) is 17.0. The van der Waals surface area contributed by atoms with Crippen LogP contribution in [0.1, 0.15) is 32.3 Å². The molecule has 1 aliphatic rings. The van der Waals surface area contributed by atoms with E-state index >= 15 is 0 Å². The van der Waals surface area contributed by atoms with Gasteiger partial charge >= 0.3 is 6.36 Å². The molecule has 0 radical (unpaired) electrons. The zero-order valence-electron chi connectivity index (χ0n) is 13.2. The Balaban J connectivity index is 1.99. The molecule has 1 aromatic rings. The van der Waals surface area contributed by atoms with Crippen LogP contribution in [0.5, 0.6) is 5.75 Å². The first-order valence-electron chi connectivity index (χ1n) is 7.64. The summed E-state index contributed by atoms with van der Waals surface area (Å²) in [6.07, 6.45) is 2.49. The molecule has 23 heavy (non-hydrogen) atoms. The molecule has 0 N–H and O–H groups in total. The highest BCUT2D eigenvalue weighted by Gasteiger charge is 2.31. The van der Waals surface area contributed by atoms with Gasteiger partial charge in [-0.05, 0) is 55.7 Å². The minimum Gasteiger partial charge on any atom is -0.406 e. The topological polar surface area (TPSA) is 9.23 Å². The molecule has 0 fully saturated rings. The Labute approximate surface area is 143 Å². The molecule has 126 valence electrons. The fourth-order valence-corrected chi connectivity index (χ4v) is 3.45. The second kappa shape index (κ2) is 7.56. The minimum absolute atomic E-state index is 0.174. The quantitative estimate of drug-likeness (QED) is 0.579. The van der Waals surface area contributed by atoms with Crippen molar-refractivity contribution < 1.29 is 17.9 Å². The van der Waals surface area contributed by atoms with Gasteiger partial charge in [-0.25, -0.2) is 0 Å². The number of aryl methyl sites for hydroxylation is 1. The van der Waals surface area contributed by atoms with Crippen molar-refractivity contribution in [1.29, 1.82) is 0 Å². The molecule has 0 aromatic heterocycles. The maximum absolute atomic E-state index is 12.2. The largest absolute Gasteiger partial charge is 0.573 e. The molecule has 2 atom stereocenters. The second-order valence-electron chi connectivity index (χ2n) is 5.98. The Morgan fingerprint density at radius 3 is 2.48 bits per heavy atom. The fraction of sp³-hybridized carbons (Fsp3) is 0.444. The molecule has 0 saturated heterocycles. The smallest absolute Gasteiger partial charge is 0.406 e. The predicted molar refractivity (Wildman–Crippen MR) is 89.5 cm³/mol. The average molecular weight is 389 g/mol. The van der Waals surface area contributed by atoms with Crippen LogP contribution < -0.4 is 4.74 Å². The van der Waals surface area contributed by atoms with Crippen LogP contribution in [0.3, 0.4) is 0 Å². The highest BCUT2D eigenvalue weighted by Crippen LogP contribution is 2.35. The summed E-state index contributed by atoms with van der Waals surface area (Å²) in [4.78, 5) is 0. The Hall–Kier alpha value is -1.23. The molecular weight excluding hydrogens is 369 g/mol. The molecule has 1 aromatic carbocycles. The van der Waals surface area contributed by atoms with Gasteiger partial charge in [-0.2, -0.15) is 0 Å². The van der Waals surface area contributed by atoms with Crippen LogP contribution in [0.4, 0.5) is 13.2 Å². The minimum atomic E-state index is -4.64. The summed E-state index contributed by atoms with van der Waals surface area (Å²) >= 11 is 3.60. The SMILES string of the molecule is CC1=C(Br)C=CCC(C)C1CCc1ccc(OC(F)(F)F)cc1. The summed E-state index contributed by atoms with van der Waals surface area (Å²) in [7, 11) is 0. The predicted octanol–water partition coefficient (Wildman–Crippen LogP) is 6.40. The van der Waals surface area contributed by atoms with Crippen molar-refractivity contribution in [3.8, 4) is 5.75 Å². The number of allylic oxidation sites excluding steroid dienone is 4. The third kappa shape index (κ3) is 5.41. The molecule has 0 aliphatic heterocycles. The van der Waals surface area contributed by atoms with Crippen molar-refractivity contribution in [3.63, 3.8) is 0 Å². The third-order valence-corrected chi connectivity index (χ3v) is 5.18. The summed E-state index contributed by atoms with van der Waals surface area (Å²) < 4.78 is 41.5. The van der Waals surface area contributed by atoms with E-state index in [0.29, 0.717) is 11.8 Å². The maximum Gasteiger partial charge on any atom is 0.573 e. The number of hydrogen-bond acceptors (Lipinski definition) is 1. The molecule has 0 heterocycles. The monoisotopic (exact) mass is 388 g/mol. The number of rotatable bonds is 4. The standard InChI is InChI=1S/C18H20BrF3O/c1-12-4-3-5-17(19)13(2)16(12)11-8-14-6-9-15(10-7-14)23-18(20,21)22/h3,5-7,9-10,12,16H,4,8,11H2,1-2H3. The number of benzene rings is 1. The zero-order valence-corrected chi connectivity index (χ0v) is 14.7. The Kier molecular flexibility index (Phi) is 5.95. The van der Waals surface area contributed by atoms with E-state index in [4.69, 9.17) is 0 Å². The van der Waals surface area contributed by atoms with Crippen molar-refractivity contribution in [2.75, 3.05) is 0 Å². The van der Waals surface area contributed by atoms with Crippen molar-refractivity contribution >= 4 is 15.9 Å². The number of ether oxygens (including phenoxy) is 1. The lowest BCUT2D eigenvalue weighted by molar-refractivity contribution is -0.274. The summed E-state index contributed by atoms with van der Waals surface area (Å²) in [5.41, 5.74) is 2.36. The van der Waals surface area contributed by atoms with Crippen LogP contribution in [-0.4, -0.2) is 6.36 Å². The van der Waals surface area contributed by atoms with E-state index in [1.165, 1.54) is 17.7 Å². The lowest BCUT2D eigenvalue weighted by atomic mass is 9.82. The van der Waals surface area contributed by atoms with Gasteiger partial charge in [-0.15, -0.1) is 13.2 Å². The number of alkyl halides is 3. The van der Waals surface area contributed by atoms with Gasteiger partial charge in [0, 0.05) is 4.48 Å². The Bertz CT molecular complexity index is 587. The summed E-state index contributed by atoms with van der Waals surface area (Å²) in [6, 6.07) is 6.16. The van der Waals surface area contributed by atoms with Gasteiger partial charge in [0.1, 0.15) is 5.75 Å². The van der Waals surface area contributed by atoms with Crippen molar-refractivity contribution in [1.82, 2.24) is 0 Å². The van der Waals surface area contributed by atoms with Gasteiger partial charge in [0.05, 0.1) is 0 Å². The second-order valence-corrected chi connectivity index (χ2v) is 6.84. The highest BCUT2D eigenvalue weighted by molar-refractivity contribution is 9.11. The van der Waals surface area contributed by atoms with Gasteiger partial charge in [0.15, 0.2) is 0 Å². The molecular formula is C18H20BrF3O. The van der Waals surface area contributed by atoms with Crippen LogP contribution in [0.2, 0.25) is 0 Å². The average Bonchev–Trinajstić information content (AvgIpc) is 2.57. The first-order valence-corrected chi connectivity index (χ1v) is 8.43. The van der Waals surface area contributed by atoms with E-state index in [1.54, 1.807) is 12.1 Å². The summed E-state index contributed by atoms with van der Waals surface area (Å²) in [6.45, 7) is 4.38. The molecule has 1 aliphatic carbocycles. The first kappa shape index (κ1) is 18.1. The summed E-state index contributed by atoms with van der Waals surface area (Å²) in [5, 5.41) is 0. The lowest BCUT2D eigenvalue weighted by Crippen LogP contribution is -2.17. The van der Waals surface area contributed by atoms with Crippen LogP contribution in [0, 0.1) is 11.8 Å². The molecule has 2 unspecified atom stereocenters. The van der Waals surface area contributed by atoms with Gasteiger partial charge in [-0.3, -0.25) is 0 Å². The normalized spacial score (nSPS) is 22.2. The first-order chi connectivity index (χ1) is 10.8. The number of hydrogen-bond donors (Lipinski definition) is 0. The lowest BCUT2D eigenvalue weighted by Gasteiger charge is -2.23. The molecule has 0 bridgehead atoms. The Morgan fingerprint density at radius 1 is 1.22 bits per heavy atom. The Morgan fingerprint density at radius 2 is 1.87 bits per heavy atom. The van der Waals surface area contributed by atoms with Crippen LogP contribution in [-0.2, 0) is 6.42 Å². The third-order valence-electron chi connectivity index (χ3n) is 4.29. The van der Waals surface area contributed by atoms with Crippen molar-refractivity contribution in [2.24, 2.45) is 11.8 Å². The van der Waals surface area contributed by atoms with Crippen molar-refractivity contribution in [2.45, 2.75) is 39.5 Å². The van der Waals surface area contributed by atoms with E-state index in [0.717, 1.165) is 29.3 Å². The van der Waals surface area contributed by atoms with E-state index in [9.17, 15) is 13.2 Å². The van der Waals surface area contributed by atoms with Gasteiger partial charge in [-0.1, -0.05) is 52.7 Å². The molecule has 0 saturated carbocycles. The van der Waals surface area contributed by atoms with Crippen LogP contribution >= 0.6 is 15.9 Å².